The van der Waals surface area contributed by atoms with Crippen molar-refractivity contribution in [3.8, 4) is 16.8 Å². The molecule has 244 valence electrons. The first kappa shape index (κ1) is 29.8. The van der Waals surface area contributed by atoms with E-state index >= 15 is 0 Å². The molecule has 52 heavy (non-hydrogen) atoms. The average Bonchev–Trinajstić information content (AvgIpc) is 3.72. The molecule has 0 amide bonds. The summed E-state index contributed by atoms with van der Waals surface area (Å²) in [7, 11) is 0. The van der Waals surface area contributed by atoms with E-state index in [1.807, 2.05) is 53.1 Å². The van der Waals surface area contributed by atoms with Crippen molar-refractivity contribution in [3.63, 3.8) is 0 Å². The van der Waals surface area contributed by atoms with E-state index in [0.717, 1.165) is 55.5 Å². The number of allylic oxidation sites excluding steroid dienone is 5. The number of benzene rings is 7. The monoisotopic (exact) mass is 664 g/mol. The third kappa shape index (κ3) is 4.84. The van der Waals surface area contributed by atoms with Gasteiger partial charge in [-0.2, -0.15) is 0 Å². The molecule has 0 bridgehead atoms. The van der Waals surface area contributed by atoms with Crippen LogP contribution >= 0.6 is 0 Å². The number of aromatic nitrogens is 2. The molecule has 1 aliphatic carbocycles. The molecule has 0 atom stereocenters. The summed E-state index contributed by atoms with van der Waals surface area (Å²) in [4.78, 5) is 4.90. The van der Waals surface area contributed by atoms with Crippen molar-refractivity contribution >= 4 is 72.1 Å². The SMILES string of the molecule is N=C(/N=C1/C=CC=C/C1=C\c1ccccc1)n1c2ccccc2c2cc(-c3ccc4c(c3)c3ccc5ccccc5c3n4-c3ccccc3)ccc21. The van der Waals surface area contributed by atoms with E-state index in [1.165, 1.54) is 32.6 Å². The predicted molar refractivity (Wildman–Crippen MR) is 220 cm³/mol. The molecule has 1 aliphatic rings. The zero-order chi connectivity index (χ0) is 34.6. The highest BCUT2D eigenvalue weighted by Gasteiger charge is 2.18. The van der Waals surface area contributed by atoms with Crippen LogP contribution in [0, 0.1) is 5.41 Å². The van der Waals surface area contributed by atoms with Gasteiger partial charge in [0.2, 0.25) is 5.96 Å². The lowest BCUT2D eigenvalue weighted by Gasteiger charge is -2.11. The van der Waals surface area contributed by atoms with E-state index in [9.17, 15) is 5.41 Å². The molecule has 0 aliphatic heterocycles. The largest absolute Gasteiger partial charge is 0.309 e. The highest BCUT2D eigenvalue weighted by molar-refractivity contribution is 6.22. The highest BCUT2D eigenvalue weighted by atomic mass is 15.1. The van der Waals surface area contributed by atoms with Crippen LogP contribution in [0.3, 0.4) is 0 Å². The quantitative estimate of drug-likeness (QED) is 0.144. The molecule has 0 saturated heterocycles. The summed E-state index contributed by atoms with van der Waals surface area (Å²) in [5.41, 5.74) is 10.6. The molecule has 7 aromatic carbocycles. The molecular weight excluding hydrogens is 633 g/mol. The van der Waals surface area contributed by atoms with Crippen LogP contribution in [0.4, 0.5) is 0 Å². The normalized spacial score (nSPS) is 14.5. The van der Waals surface area contributed by atoms with Gasteiger partial charge in [-0.15, -0.1) is 0 Å². The van der Waals surface area contributed by atoms with Gasteiger partial charge in [0.1, 0.15) is 0 Å². The van der Waals surface area contributed by atoms with E-state index in [0.29, 0.717) is 0 Å². The number of nitrogens with one attached hydrogen (secondary N) is 1. The Balaban J connectivity index is 1.12. The van der Waals surface area contributed by atoms with Gasteiger partial charge >= 0.3 is 0 Å². The molecule has 0 fully saturated rings. The maximum Gasteiger partial charge on any atom is 0.227 e. The average molecular weight is 665 g/mol. The van der Waals surface area contributed by atoms with Gasteiger partial charge in [-0.25, -0.2) is 4.99 Å². The minimum Gasteiger partial charge on any atom is -0.309 e. The minimum atomic E-state index is 0.176. The van der Waals surface area contributed by atoms with Crippen LogP contribution in [0.25, 0.3) is 77.3 Å². The van der Waals surface area contributed by atoms with Crippen LogP contribution in [0.2, 0.25) is 0 Å². The first-order valence-electron chi connectivity index (χ1n) is 17.6. The smallest absolute Gasteiger partial charge is 0.227 e. The zero-order valence-electron chi connectivity index (χ0n) is 28.2. The maximum atomic E-state index is 9.32. The topological polar surface area (TPSA) is 46.1 Å². The fraction of sp³-hybridized carbons (Fsp3) is 0. The minimum absolute atomic E-state index is 0.176. The van der Waals surface area contributed by atoms with Gasteiger partial charge < -0.3 is 4.57 Å². The lowest BCUT2D eigenvalue weighted by Crippen LogP contribution is -2.12. The molecule has 9 aromatic rings. The Kier molecular flexibility index (Phi) is 6.93. The molecule has 1 N–H and O–H groups in total. The zero-order valence-corrected chi connectivity index (χ0v) is 28.2. The van der Waals surface area contributed by atoms with E-state index in [1.54, 1.807) is 0 Å². The summed E-state index contributed by atoms with van der Waals surface area (Å²) in [5.74, 6) is 0.176. The molecule has 0 saturated carbocycles. The Morgan fingerprint density at radius 1 is 0.519 bits per heavy atom. The number of para-hydroxylation sites is 2. The molecule has 10 rings (SSSR count). The first-order valence-corrected chi connectivity index (χ1v) is 17.6. The van der Waals surface area contributed by atoms with Crippen molar-refractivity contribution in [1.82, 2.24) is 9.13 Å². The standard InChI is InChI=1S/C48H32N4/c49-48(50-43-21-11-8-16-36(43)29-32-13-3-1-4-14-32)52-44-22-12-10-20-39(44)41-30-34(25-28-46(41)52)35-24-27-45-42(31-35)40-26-23-33-15-7-9-19-38(33)47(40)51(45)37-17-5-2-6-18-37/h1-31,49H/b36-29+,49-48?,50-43-. The van der Waals surface area contributed by atoms with Crippen molar-refractivity contribution in [3.05, 3.63) is 193 Å². The number of fused-ring (bicyclic) bond motifs is 8. The third-order valence-electron chi connectivity index (χ3n) is 10.2. The Morgan fingerprint density at radius 3 is 1.96 bits per heavy atom. The summed E-state index contributed by atoms with van der Waals surface area (Å²) in [6.07, 6.45) is 10.1. The molecule has 0 radical (unpaired) electrons. The Morgan fingerprint density at radius 2 is 1.15 bits per heavy atom. The molecule has 2 aromatic heterocycles. The van der Waals surface area contributed by atoms with Crippen LogP contribution in [0.1, 0.15) is 5.56 Å². The predicted octanol–water partition coefficient (Wildman–Crippen LogP) is 12.1. The summed E-state index contributed by atoms with van der Waals surface area (Å²) < 4.78 is 4.37. The van der Waals surface area contributed by atoms with Crippen molar-refractivity contribution < 1.29 is 0 Å². The summed E-state index contributed by atoms with van der Waals surface area (Å²) in [5, 5.41) is 16.4. The number of hydrogen-bond acceptors (Lipinski definition) is 1. The molecular formula is C48H32N4. The maximum absolute atomic E-state index is 9.32. The fourth-order valence-corrected chi connectivity index (χ4v) is 7.79. The lowest BCUT2D eigenvalue weighted by molar-refractivity contribution is 1.19. The van der Waals surface area contributed by atoms with Gasteiger partial charge in [0.05, 0.1) is 27.8 Å². The van der Waals surface area contributed by atoms with Gasteiger partial charge in [0.25, 0.3) is 0 Å². The second-order valence-corrected chi connectivity index (χ2v) is 13.2. The number of nitrogens with zero attached hydrogens (tertiary/aromatic N) is 3. The number of rotatable bonds is 3. The van der Waals surface area contributed by atoms with Gasteiger partial charge in [0.15, 0.2) is 0 Å². The Hall–Kier alpha value is -7.04. The van der Waals surface area contributed by atoms with Gasteiger partial charge in [0, 0.05) is 38.2 Å². The summed E-state index contributed by atoms with van der Waals surface area (Å²) >= 11 is 0. The molecule has 0 spiro atoms. The van der Waals surface area contributed by atoms with E-state index < -0.39 is 0 Å². The second kappa shape index (κ2) is 12.1. The van der Waals surface area contributed by atoms with E-state index in [-0.39, 0.29) is 5.96 Å². The Bertz CT molecular complexity index is 3010. The van der Waals surface area contributed by atoms with Crippen molar-refractivity contribution in [2.75, 3.05) is 0 Å². The van der Waals surface area contributed by atoms with Gasteiger partial charge in [-0.3, -0.25) is 9.98 Å². The van der Waals surface area contributed by atoms with Gasteiger partial charge in [-0.05, 0) is 76.7 Å². The lowest BCUT2D eigenvalue weighted by atomic mass is 10.00. The van der Waals surface area contributed by atoms with Crippen LogP contribution in [-0.4, -0.2) is 20.8 Å². The van der Waals surface area contributed by atoms with Gasteiger partial charge in [-0.1, -0.05) is 133 Å². The van der Waals surface area contributed by atoms with Crippen LogP contribution < -0.4 is 0 Å². The number of hydrogen-bond donors (Lipinski definition) is 1. The van der Waals surface area contributed by atoms with E-state index in [2.05, 4.69) is 144 Å². The highest BCUT2D eigenvalue weighted by Crippen LogP contribution is 2.39. The van der Waals surface area contributed by atoms with Crippen LogP contribution in [-0.2, 0) is 0 Å². The van der Waals surface area contributed by atoms with E-state index in [4.69, 9.17) is 4.99 Å². The fourth-order valence-electron chi connectivity index (χ4n) is 7.79. The summed E-state index contributed by atoms with van der Waals surface area (Å²) in [6.45, 7) is 0. The second-order valence-electron chi connectivity index (χ2n) is 13.2. The summed E-state index contributed by atoms with van der Waals surface area (Å²) in [6, 6.07) is 55.8. The molecule has 4 heteroatoms. The van der Waals surface area contributed by atoms with Crippen molar-refractivity contribution in [1.29, 1.82) is 5.41 Å². The Labute approximate surface area is 300 Å². The van der Waals surface area contributed by atoms with Crippen molar-refractivity contribution in [2.24, 2.45) is 4.99 Å². The van der Waals surface area contributed by atoms with Crippen LogP contribution in [0.5, 0.6) is 0 Å². The first-order chi connectivity index (χ1) is 25.7. The molecule has 4 nitrogen and oxygen atoms in total. The third-order valence-corrected chi connectivity index (χ3v) is 10.2. The van der Waals surface area contributed by atoms with Crippen LogP contribution in [0.15, 0.2) is 193 Å². The number of aliphatic imine (C=N–C) groups is 1. The van der Waals surface area contributed by atoms with Crippen molar-refractivity contribution in [2.45, 2.75) is 0 Å². The molecule has 2 heterocycles. The molecule has 0 unspecified atom stereocenters.